The van der Waals surface area contributed by atoms with Crippen molar-refractivity contribution in [2.24, 2.45) is 0 Å². The summed E-state index contributed by atoms with van der Waals surface area (Å²) in [6.07, 6.45) is 5.88. The van der Waals surface area contributed by atoms with Crippen LogP contribution >= 0.6 is 11.6 Å². The minimum absolute atomic E-state index is 0.0562. The fourth-order valence-corrected chi connectivity index (χ4v) is 6.40. The molecular formula is C35H49ClN4O8. The summed E-state index contributed by atoms with van der Waals surface area (Å²) < 4.78 is 22.7. The van der Waals surface area contributed by atoms with Crippen LogP contribution < -0.4 is 20.1 Å². The van der Waals surface area contributed by atoms with E-state index in [9.17, 15) is 19.2 Å². The van der Waals surface area contributed by atoms with Crippen LogP contribution in [0.4, 0.5) is 4.79 Å². The molecule has 4 unspecified atom stereocenters. The van der Waals surface area contributed by atoms with Crippen LogP contribution in [0.15, 0.2) is 24.3 Å². The Balaban J connectivity index is 1.68. The molecule has 13 heteroatoms. The van der Waals surface area contributed by atoms with Crippen molar-refractivity contribution in [2.45, 2.75) is 122 Å². The first-order valence-corrected chi connectivity index (χ1v) is 17.3. The highest BCUT2D eigenvalue weighted by Gasteiger charge is 2.44. The van der Waals surface area contributed by atoms with E-state index in [4.69, 9.17) is 30.5 Å². The maximum Gasteiger partial charge on any atom is 0.408 e. The Morgan fingerprint density at radius 2 is 1.75 bits per heavy atom. The van der Waals surface area contributed by atoms with Gasteiger partial charge >= 0.3 is 12.1 Å². The quantitative estimate of drug-likeness (QED) is 0.365. The summed E-state index contributed by atoms with van der Waals surface area (Å²) in [5.41, 5.74) is -0.264. The van der Waals surface area contributed by atoms with Crippen molar-refractivity contribution >= 4 is 46.4 Å². The minimum atomic E-state index is -0.978. The second-order valence-corrected chi connectivity index (χ2v) is 13.8. The fourth-order valence-electron chi connectivity index (χ4n) is 6.18. The lowest BCUT2D eigenvalue weighted by Crippen LogP contribution is -2.55. The molecule has 0 radical (unpaired) electrons. The van der Waals surface area contributed by atoms with Gasteiger partial charge in [0, 0.05) is 17.9 Å². The highest BCUT2D eigenvalue weighted by Crippen LogP contribution is 2.35. The monoisotopic (exact) mass is 688 g/mol. The van der Waals surface area contributed by atoms with Gasteiger partial charge in [-0.15, -0.1) is 0 Å². The number of rotatable bonds is 6. The number of methoxy groups -OCH3 is 1. The second kappa shape index (κ2) is 17.0. The largest absolute Gasteiger partial charge is 0.488 e. The summed E-state index contributed by atoms with van der Waals surface area (Å²) in [4.78, 5) is 59.8. The first-order chi connectivity index (χ1) is 22.9. The van der Waals surface area contributed by atoms with Gasteiger partial charge in [-0.3, -0.25) is 9.59 Å². The van der Waals surface area contributed by atoms with Crippen LogP contribution in [0.3, 0.4) is 0 Å². The van der Waals surface area contributed by atoms with Crippen LogP contribution in [0, 0.1) is 0 Å². The van der Waals surface area contributed by atoms with E-state index in [2.05, 4.69) is 15.6 Å². The third kappa shape index (κ3) is 10.1. The fraction of sp³-hybridized carbons (Fsp3) is 0.629. The van der Waals surface area contributed by atoms with Gasteiger partial charge in [0.2, 0.25) is 17.7 Å². The molecule has 2 saturated heterocycles. The third-order valence-electron chi connectivity index (χ3n) is 8.44. The Hall–Kier alpha value is -3.80. The van der Waals surface area contributed by atoms with Gasteiger partial charge in [-0.25, -0.2) is 14.6 Å². The maximum atomic E-state index is 14.3. The van der Waals surface area contributed by atoms with Gasteiger partial charge in [0.15, 0.2) is 0 Å². The lowest BCUT2D eigenvalue weighted by Gasteiger charge is -2.30. The predicted octanol–water partition coefficient (Wildman–Crippen LogP) is 5.71. The second-order valence-electron chi connectivity index (χ2n) is 13.3. The minimum Gasteiger partial charge on any atom is -0.488 e. The van der Waals surface area contributed by atoms with Crippen LogP contribution in [-0.2, 0) is 23.9 Å². The molecule has 4 atom stereocenters. The van der Waals surface area contributed by atoms with E-state index in [-0.39, 0.29) is 13.0 Å². The number of amides is 3. The van der Waals surface area contributed by atoms with Crippen molar-refractivity contribution in [3.05, 3.63) is 29.3 Å². The van der Waals surface area contributed by atoms with Crippen LogP contribution in [0.2, 0.25) is 5.02 Å². The van der Waals surface area contributed by atoms with E-state index in [1.54, 1.807) is 39.0 Å². The predicted molar refractivity (Wildman–Crippen MR) is 181 cm³/mol. The van der Waals surface area contributed by atoms with Gasteiger partial charge < -0.3 is 34.5 Å². The van der Waals surface area contributed by atoms with Crippen molar-refractivity contribution in [3.8, 4) is 11.6 Å². The van der Waals surface area contributed by atoms with Crippen LogP contribution in [-0.4, -0.2) is 83.9 Å². The Bertz CT molecular complexity index is 1450. The average molecular weight is 689 g/mol. The molecule has 3 heterocycles. The number of para-hydroxylation sites is 1. The highest BCUT2D eigenvalue weighted by molar-refractivity contribution is 6.35. The van der Waals surface area contributed by atoms with E-state index < -0.39 is 53.7 Å². The van der Waals surface area contributed by atoms with Crippen molar-refractivity contribution < 1.29 is 38.1 Å². The number of aromatic nitrogens is 1. The number of hydrogen-bond donors (Lipinski definition) is 2. The first-order valence-electron chi connectivity index (χ1n) is 17.0. The summed E-state index contributed by atoms with van der Waals surface area (Å²) in [6.45, 7) is 7.53. The van der Waals surface area contributed by atoms with Gasteiger partial charge in [-0.1, -0.05) is 62.6 Å². The number of alkyl carbamates (subject to hydrolysis) is 1. The molecule has 0 bridgehead atoms. The van der Waals surface area contributed by atoms with E-state index in [1.807, 2.05) is 13.0 Å². The Labute approximate surface area is 287 Å². The molecule has 0 saturated carbocycles. The molecule has 48 heavy (non-hydrogen) atoms. The summed E-state index contributed by atoms with van der Waals surface area (Å²) in [6, 6.07) is 4.25. The molecule has 264 valence electrons. The zero-order valence-corrected chi connectivity index (χ0v) is 29.4. The molecular weight excluding hydrogens is 640 g/mol. The molecule has 0 aliphatic carbocycles. The van der Waals surface area contributed by atoms with Crippen LogP contribution in [0.1, 0.15) is 91.9 Å². The molecule has 12 nitrogen and oxygen atoms in total. The van der Waals surface area contributed by atoms with Crippen molar-refractivity contribution in [2.75, 3.05) is 20.3 Å². The van der Waals surface area contributed by atoms with Gasteiger partial charge in [0.25, 0.3) is 0 Å². The summed E-state index contributed by atoms with van der Waals surface area (Å²) in [7, 11) is 1.29. The number of pyridine rings is 1. The smallest absolute Gasteiger partial charge is 0.408 e. The van der Waals surface area contributed by atoms with Crippen molar-refractivity contribution in [3.63, 3.8) is 0 Å². The van der Waals surface area contributed by atoms with Crippen molar-refractivity contribution in [1.82, 2.24) is 20.5 Å². The standard InChI is InChI=1S/C35H49ClN4O8/c1-6-46-29-20-28(23-15-14-16-24(36)30(23)39-29)47-22-19-27-31(41)37-26(33(43)45-5)18-13-11-9-7-8-10-12-17-25(32(42)40(27)21-22)38-34(44)48-35(2,3)4/h14-16,20,22,25-27H,6-13,17-19,21H2,1-5H3,(H,37,41)(H,38,44). The summed E-state index contributed by atoms with van der Waals surface area (Å²) in [5.74, 6) is -0.690. The molecule has 2 aliphatic heterocycles. The van der Waals surface area contributed by atoms with Gasteiger partial charge in [0.05, 0.1) is 30.8 Å². The van der Waals surface area contributed by atoms with Crippen LogP contribution in [0.5, 0.6) is 11.6 Å². The highest BCUT2D eigenvalue weighted by atomic mass is 35.5. The molecule has 1 aromatic carbocycles. The lowest BCUT2D eigenvalue weighted by atomic mass is 10.0. The molecule has 1 aromatic heterocycles. The molecule has 2 aromatic rings. The zero-order valence-electron chi connectivity index (χ0n) is 28.6. The molecule has 0 spiro atoms. The molecule has 2 fully saturated rings. The molecule has 4 rings (SSSR count). The van der Waals surface area contributed by atoms with Gasteiger partial charge in [-0.2, -0.15) is 0 Å². The number of esters is 1. The average Bonchev–Trinajstić information content (AvgIpc) is 3.45. The first kappa shape index (κ1) is 37.0. The number of ether oxygens (including phenoxy) is 4. The topological polar surface area (TPSA) is 145 Å². The Morgan fingerprint density at radius 3 is 2.42 bits per heavy atom. The number of carbonyl (C=O) groups is 4. The van der Waals surface area contributed by atoms with E-state index >= 15 is 0 Å². The number of nitrogens with one attached hydrogen (secondary N) is 2. The lowest BCUT2D eigenvalue weighted by molar-refractivity contribution is -0.146. The van der Waals surface area contributed by atoms with E-state index in [1.165, 1.54) is 12.0 Å². The van der Waals surface area contributed by atoms with Crippen LogP contribution in [0.25, 0.3) is 10.9 Å². The molecule has 2 N–H and O–H groups in total. The van der Waals surface area contributed by atoms with Gasteiger partial charge in [0.1, 0.15) is 35.6 Å². The maximum absolute atomic E-state index is 14.3. The number of fused-ring (bicyclic) bond motifs is 2. The number of nitrogens with zero attached hydrogens (tertiary/aromatic N) is 2. The van der Waals surface area contributed by atoms with E-state index in [0.717, 1.165) is 38.5 Å². The van der Waals surface area contributed by atoms with Gasteiger partial charge in [-0.05, 0) is 52.7 Å². The number of halogens is 1. The van der Waals surface area contributed by atoms with E-state index in [0.29, 0.717) is 53.4 Å². The number of hydrogen-bond acceptors (Lipinski definition) is 9. The third-order valence-corrected chi connectivity index (χ3v) is 8.74. The van der Waals surface area contributed by atoms with Crippen molar-refractivity contribution in [1.29, 1.82) is 0 Å². The Kier molecular flexibility index (Phi) is 13.1. The normalized spacial score (nSPS) is 23.2. The number of carbonyl (C=O) groups excluding carboxylic acids is 4. The summed E-state index contributed by atoms with van der Waals surface area (Å²) >= 11 is 6.48. The summed E-state index contributed by atoms with van der Waals surface area (Å²) in [5, 5.41) is 6.70. The zero-order chi connectivity index (χ0) is 34.8. The molecule has 2 aliphatic rings. The SMILES string of the molecule is CCOc1cc(OC2CC3C(=O)NC(C(=O)OC)CCCCCCCCCC(NC(=O)OC(C)(C)C)C(=O)N3C2)c2cccc(Cl)c2n1. The Morgan fingerprint density at radius 1 is 1.06 bits per heavy atom. The molecule has 3 amide bonds. The number of benzene rings is 1.